The summed E-state index contributed by atoms with van der Waals surface area (Å²) < 4.78 is 74.8. The van der Waals surface area contributed by atoms with Crippen LogP contribution in [0.25, 0.3) is 0 Å². The van der Waals surface area contributed by atoms with Crippen molar-refractivity contribution in [2.45, 2.75) is 59.2 Å². The van der Waals surface area contributed by atoms with Gasteiger partial charge in [0.2, 0.25) is 0 Å². The summed E-state index contributed by atoms with van der Waals surface area (Å²) in [6.07, 6.45) is -0.557. The second-order valence-corrected chi connectivity index (χ2v) is 8.49. The summed E-state index contributed by atoms with van der Waals surface area (Å²) in [5.41, 5.74) is -5.29. The van der Waals surface area contributed by atoms with Crippen molar-refractivity contribution in [2.75, 3.05) is 13.2 Å². The Balaban J connectivity index is 0.00000204. The zero-order valence-corrected chi connectivity index (χ0v) is 18.0. The van der Waals surface area contributed by atoms with Crippen molar-refractivity contribution in [3.05, 3.63) is 23.3 Å². The van der Waals surface area contributed by atoms with Gasteiger partial charge in [-0.25, -0.2) is 4.79 Å². The van der Waals surface area contributed by atoms with Gasteiger partial charge in [0.1, 0.15) is 23.7 Å². The third kappa shape index (κ3) is 6.69. The van der Waals surface area contributed by atoms with Gasteiger partial charge in [-0.3, -0.25) is 0 Å². The number of ether oxygens (including phenoxy) is 2. The molecule has 0 fully saturated rings. The Hall–Kier alpha value is -2.17. The van der Waals surface area contributed by atoms with Gasteiger partial charge in [-0.1, -0.05) is 13.8 Å². The number of hydrogen-bond donors (Lipinski definition) is 0. The molecule has 0 aromatic heterocycles. The number of aryl methyl sites for hydroxylation is 1. The van der Waals surface area contributed by atoms with Crippen LogP contribution in [0.2, 0.25) is 0 Å². The molecule has 0 bridgehead atoms. The molecule has 1 aromatic rings. The Kier molecular flexibility index (Phi) is 7.80. The van der Waals surface area contributed by atoms with Crippen LogP contribution in [-0.2, 0) is 21.4 Å². The van der Waals surface area contributed by atoms with Gasteiger partial charge >= 0.3 is 21.7 Å². The quantitative estimate of drug-likeness (QED) is 0.500. The third-order valence-corrected chi connectivity index (χ3v) is 4.49. The minimum atomic E-state index is -5.79. The van der Waals surface area contributed by atoms with Crippen molar-refractivity contribution in [3.63, 3.8) is 0 Å². The highest BCUT2D eigenvalue weighted by molar-refractivity contribution is 7.88. The van der Waals surface area contributed by atoms with Crippen LogP contribution in [-0.4, -0.2) is 43.7 Å². The summed E-state index contributed by atoms with van der Waals surface area (Å²) in [6.45, 7) is 11.1. The lowest BCUT2D eigenvalue weighted by Gasteiger charge is -2.26. The van der Waals surface area contributed by atoms with Crippen LogP contribution in [0.15, 0.2) is 12.1 Å². The van der Waals surface area contributed by atoms with E-state index < -0.39 is 33.1 Å². The number of amides is 1. The molecular formula is C18H26F3NO6S. The number of halogens is 3. The third-order valence-electron chi connectivity index (χ3n) is 3.51. The fourth-order valence-corrected chi connectivity index (χ4v) is 2.77. The number of carbonyl (C=O) groups is 1. The largest absolute Gasteiger partial charge is 0.534 e. The van der Waals surface area contributed by atoms with Gasteiger partial charge in [0, 0.05) is 11.6 Å². The first kappa shape index (κ1) is 24.9. The highest BCUT2D eigenvalue weighted by atomic mass is 32.2. The molecule has 7 nitrogen and oxygen atoms in total. The van der Waals surface area contributed by atoms with Crippen LogP contribution in [0.1, 0.15) is 45.7 Å². The fourth-order valence-electron chi connectivity index (χ4n) is 2.32. The van der Waals surface area contributed by atoms with Crippen molar-refractivity contribution < 1.29 is 40.0 Å². The predicted molar refractivity (Wildman–Crippen MR) is 100 cm³/mol. The SMILES string of the molecule is CC.Cc1cc(OS(=O)(=O)C(F)(F)F)cc2c1CN(C(=O)OC(C)(C)C)CCO2. The number of rotatable bonds is 2. The fraction of sp³-hybridized carbons (Fsp3) is 0.611. The Morgan fingerprint density at radius 2 is 1.76 bits per heavy atom. The summed E-state index contributed by atoms with van der Waals surface area (Å²) in [5.74, 6) is -0.372. The second-order valence-electron chi connectivity index (χ2n) is 6.95. The van der Waals surface area contributed by atoms with Crippen LogP contribution in [0, 0.1) is 6.92 Å². The molecule has 1 aliphatic heterocycles. The molecule has 29 heavy (non-hydrogen) atoms. The van der Waals surface area contributed by atoms with E-state index in [9.17, 15) is 26.4 Å². The first-order chi connectivity index (χ1) is 13.2. The van der Waals surface area contributed by atoms with Crippen LogP contribution in [0.3, 0.4) is 0 Å². The van der Waals surface area contributed by atoms with Crippen LogP contribution >= 0.6 is 0 Å². The Morgan fingerprint density at radius 1 is 1.17 bits per heavy atom. The molecule has 0 aliphatic carbocycles. The molecule has 0 N–H and O–H groups in total. The summed E-state index contributed by atoms with van der Waals surface area (Å²) >= 11 is 0. The van der Waals surface area contributed by atoms with Gasteiger partial charge in [0.15, 0.2) is 0 Å². The molecule has 0 saturated heterocycles. The van der Waals surface area contributed by atoms with Gasteiger partial charge in [0.25, 0.3) is 0 Å². The number of benzene rings is 1. The topological polar surface area (TPSA) is 82.1 Å². The van der Waals surface area contributed by atoms with Crippen molar-refractivity contribution in [3.8, 4) is 11.5 Å². The molecule has 11 heteroatoms. The number of fused-ring (bicyclic) bond motifs is 1. The van der Waals surface area contributed by atoms with Gasteiger partial charge in [0.05, 0.1) is 13.1 Å². The molecule has 1 aliphatic rings. The average Bonchev–Trinajstić information content (AvgIpc) is 2.76. The maximum absolute atomic E-state index is 12.5. The molecule has 0 saturated carbocycles. The number of alkyl halides is 3. The maximum Gasteiger partial charge on any atom is 0.534 e. The Bertz CT molecular complexity index is 831. The van der Waals surface area contributed by atoms with E-state index in [-0.39, 0.29) is 25.4 Å². The van der Waals surface area contributed by atoms with E-state index in [0.717, 1.165) is 12.1 Å². The molecular weight excluding hydrogens is 415 g/mol. The first-order valence-corrected chi connectivity index (χ1v) is 10.4. The number of nitrogens with zero attached hydrogens (tertiary/aromatic N) is 1. The standard InChI is InChI=1S/C16H20F3NO6S.C2H6/c1-10-7-11(26-27(22,23)16(17,18)19)8-13-12(10)9-20(5-6-24-13)14(21)25-15(2,3)4;1-2/h7-8H,5-6,9H2,1-4H3;1-2H3. The number of carbonyl (C=O) groups excluding carboxylic acids is 1. The normalized spacial score (nSPS) is 14.6. The maximum atomic E-state index is 12.5. The van der Waals surface area contributed by atoms with E-state index in [2.05, 4.69) is 4.18 Å². The molecule has 0 atom stereocenters. The Labute approximate surface area is 168 Å². The predicted octanol–water partition coefficient (Wildman–Crippen LogP) is 4.38. The van der Waals surface area contributed by atoms with Gasteiger partial charge < -0.3 is 18.6 Å². The average molecular weight is 441 g/mol. The van der Waals surface area contributed by atoms with Crippen molar-refractivity contribution >= 4 is 16.2 Å². The van der Waals surface area contributed by atoms with Gasteiger partial charge in [-0.15, -0.1) is 0 Å². The summed E-state index contributed by atoms with van der Waals surface area (Å²) in [6, 6.07) is 2.20. The van der Waals surface area contributed by atoms with Gasteiger partial charge in [-0.2, -0.15) is 21.6 Å². The van der Waals surface area contributed by atoms with Crippen molar-refractivity contribution in [1.29, 1.82) is 0 Å². The molecule has 0 radical (unpaired) electrons. The molecule has 2 rings (SSSR count). The van der Waals surface area contributed by atoms with Crippen molar-refractivity contribution in [1.82, 2.24) is 4.90 Å². The molecule has 1 aromatic carbocycles. The second kappa shape index (κ2) is 9.10. The zero-order chi connectivity index (χ0) is 22.6. The molecule has 166 valence electrons. The lowest BCUT2D eigenvalue weighted by Crippen LogP contribution is -2.37. The van der Waals surface area contributed by atoms with Gasteiger partial charge in [-0.05, 0) is 39.3 Å². The van der Waals surface area contributed by atoms with E-state index in [4.69, 9.17) is 9.47 Å². The molecule has 0 unspecified atom stereocenters. The van der Waals surface area contributed by atoms with E-state index in [1.54, 1.807) is 27.7 Å². The summed E-state index contributed by atoms with van der Waals surface area (Å²) in [5, 5.41) is 0. The highest BCUT2D eigenvalue weighted by Gasteiger charge is 2.48. The van der Waals surface area contributed by atoms with Crippen LogP contribution in [0.5, 0.6) is 11.5 Å². The molecule has 0 spiro atoms. The highest BCUT2D eigenvalue weighted by Crippen LogP contribution is 2.34. The van der Waals surface area contributed by atoms with Crippen LogP contribution < -0.4 is 8.92 Å². The monoisotopic (exact) mass is 441 g/mol. The van der Waals surface area contributed by atoms with Crippen molar-refractivity contribution in [2.24, 2.45) is 0 Å². The number of hydrogen-bond acceptors (Lipinski definition) is 6. The zero-order valence-electron chi connectivity index (χ0n) is 17.2. The first-order valence-electron chi connectivity index (χ1n) is 8.94. The van der Waals surface area contributed by atoms with E-state index in [1.165, 1.54) is 4.90 Å². The van der Waals surface area contributed by atoms with Crippen LogP contribution in [0.4, 0.5) is 18.0 Å². The van der Waals surface area contributed by atoms with E-state index in [0.29, 0.717) is 11.1 Å². The minimum absolute atomic E-state index is 0.0567. The lowest BCUT2D eigenvalue weighted by molar-refractivity contribution is -0.0500. The summed E-state index contributed by atoms with van der Waals surface area (Å²) in [7, 11) is -5.79. The van der Waals surface area contributed by atoms with E-state index >= 15 is 0 Å². The summed E-state index contributed by atoms with van der Waals surface area (Å²) in [4.78, 5) is 13.7. The lowest BCUT2D eigenvalue weighted by atomic mass is 10.1. The smallest absolute Gasteiger partial charge is 0.491 e. The molecule has 1 heterocycles. The Morgan fingerprint density at radius 3 is 2.28 bits per heavy atom. The molecule has 1 amide bonds. The van der Waals surface area contributed by atoms with E-state index in [1.807, 2.05) is 13.8 Å². The minimum Gasteiger partial charge on any atom is -0.491 e.